The second kappa shape index (κ2) is 5.19. The Hall–Kier alpha value is 0.01000. The van der Waals surface area contributed by atoms with Crippen molar-refractivity contribution >= 4 is 34.8 Å². The molecule has 0 amide bonds. The Bertz CT molecular complexity index is 326. The van der Waals surface area contributed by atoms with Crippen LogP contribution in [0.2, 0.25) is 15.1 Å². The molecule has 0 saturated heterocycles. The molecule has 0 aliphatic carbocycles. The predicted molar refractivity (Wildman–Crippen MR) is 62.0 cm³/mol. The Balaban J connectivity index is 2.82. The molecule has 1 aromatic rings. The molecule has 0 bridgehead atoms. The van der Waals surface area contributed by atoms with Crippen molar-refractivity contribution in [2.45, 2.75) is 19.6 Å². The SMILES string of the molecule is CC(N)NCc1cc(Cl)c(Cl)cc1Cl. The highest BCUT2D eigenvalue weighted by Gasteiger charge is 2.05. The number of nitrogens with one attached hydrogen (secondary N) is 1. The van der Waals surface area contributed by atoms with Gasteiger partial charge in [0.1, 0.15) is 0 Å². The molecule has 1 atom stereocenters. The van der Waals surface area contributed by atoms with Gasteiger partial charge in [0.25, 0.3) is 0 Å². The van der Waals surface area contributed by atoms with Crippen LogP contribution in [0.25, 0.3) is 0 Å². The molecule has 0 aromatic heterocycles. The first kappa shape index (κ1) is 12.1. The molecule has 1 unspecified atom stereocenters. The van der Waals surface area contributed by atoms with E-state index < -0.39 is 0 Å². The molecule has 78 valence electrons. The van der Waals surface area contributed by atoms with Crippen LogP contribution >= 0.6 is 34.8 Å². The van der Waals surface area contributed by atoms with E-state index >= 15 is 0 Å². The lowest BCUT2D eigenvalue weighted by molar-refractivity contribution is 0.567. The first-order valence-electron chi connectivity index (χ1n) is 4.13. The minimum atomic E-state index is -0.0829. The summed E-state index contributed by atoms with van der Waals surface area (Å²) in [5, 5.41) is 4.59. The second-order valence-corrected chi connectivity index (χ2v) is 4.25. The van der Waals surface area contributed by atoms with E-state index in [1.807, 2.05) is 6.92 Å². The molecule has 0 radical (unpaired) electrons. The maximum atomic E-state index is 5.96. The molecule has 5 heteroatoms. The zero-order chi connectivity index (χ0) is 10.7. The van der Waals surface area contributed by atoms with Crippen LogP contribution in [-0.4, -0.2) is 6.17 Å². The van der Waals surface area contributed by atoms with Gasteiger partial charge < -0.3 is 5.73 Å². The lowest BCUT2D eigenvalue weighted by atomic mass is 10.2. The summed E-state index contributed by atoms with van der Waals surface area (Å²) in [6.07, 6.45) is -0.0829. The van der Waals surface area contributed by atoms with Crippen molar-refractivity contribution in [3.63, 3.8) is 0 Å². The third-order valence-electron chi connectivity index (χ3n) is 1.70. The summed E-state index contributed by atoms with van der Waals surface area (Å²) in [6.45, 7) is 2.43. The maximum Gasteiger partial charge on any atom is 0.0607 e. The average Bonchev–Trinajstić information content (AvgIpc) is 2.09. The number of hydrogen-bond acceptors (Lipinski definition) is 2. The molecule has 0 saturated carbocycles. The van der Waals surface area contributed by atoms with Crippen molar-refractivity contribution in [2.75, 3.05) is 0 Å². The van der Waals surface area contributed by atoms with E-state index in [0.717, 1.165) is 5.56 Å². The van der Waals surface area contributed by atoms with Crippen molar-refractivity contribution in [2.24, 2.45) is 5.73 Å². The van der Waals surface area contributed by atoms with E-state index in [9.17, 15) is 0 Å². The highest BCUT2D eigenvalue weighted by atomic mass is 35.5. The van der Waals surface area contributed by atoms with Gasteiger partial charge >= 0.3 is 0 Å². The van der Waals surface area contributed by atoms with Gasteiger partial charge in [0.15, 0.2) is 0 Å². The summed E-state index contributed by atoms with van der Waals surface area (Å²) in [6, 6.07) is 3.37. The lowest BCUT2D eigenvalue weighted by Crippen LogP contribution is -2.33. The van der Waals surface area contributed by atoms with E-state index in [0.29, 0.717) is 21.6 Å². The fourth-order valence-corrected chi connectivity index (χ4v) is 1.61. The normalized spacial score (nSPS) is 12.9. The predicted octanol–water partition coefficient (Wildman–Crippen LogP) is 3.04. The van der Waals surface area contributed by atoms with Crippen LogP contribution in [0.5, 0.6) is 0 Å². The van der Waals surface area contributed by atoms with Gasteiger partial charge in [-0.15, -0.1) is 0 Å². The van der Waals surface area contributed by atoms with E-state index in [-0.39, 0.29) is 6.17 Å². The zero-order valence-corrected chi connectivity index (χ0v) is 9.92. The average molecular weight is 254 g/mol. The summed E-state index contributed by atoms with van der Waals surface area (Å²) in [5.74, 6) is 0. The first-order valence-corrected chi connectivity index (χ1v) is 5.26. The van der Waals surface area contributed by atoms with Crippen molar-refractivity contribution in [3.05, 3.63) is 32.8 Å². The molecule has 0 aliphatic rings. The summed E-state index contributed by atoms with van der Waals surface area (Å²) in [7, 11) is 0. The molecule has 2 nitrogen and oxygen atoms in total. The largest absolute Gasteiger partial charge is 0.316 e. The van der Waals surface area contributed by atoms with Crippen molar-refractivity contribution in [1.82, 2.24) is 5.32 Å². The minimum absolute atomic E-state index is 0.0829. The van der Waals surface area contributed by atoms with E-state index in [1.165, 1.54) is 0 Å². The highest BCUT2D eigenvalue weighted by Crippen LogP contribution is 2.28. The van der Waals surface area contributed by atoms with Gasteiger partial charge in [-0.1, -0.05) is 34.8 Å². The van der Waals surface area contributed by atoms with Gasteiger partial charge in [0.2, 0.25) is 0 Å². The van der Waals surface area contributed by atoms with Gasteiger partial charge in [-0.05, 0) is 24.6 Å². The summed E-state index contributed by atoms with van der Waals surface area (Å²) < 4.78 is 0. The number of benzene rings is 1. The fraction of sp³-hybridized carbons (Fsp3) is 0.333. The molecule has 0 heterocycles. The van der Waals surface area contributed by atoms with Crippen LogP contribution in [0.3, 0.4) is 0 Å². The van der Waals surface area contributed by atoms with Gasteiger partial charge in [-0.2, -0.15) is 0 Å². The molecule has 0 spiro atoms. The van der Waals surface area contributed by atoms with Gasteiger partial charge in [0.05, 0.1) is 16.2 Å². The third kappa shape index (κ3) is 3.30. The number of hydrogen-bond donors (Lipinski definition) is 2. The van der Waals surface area contributed by atoms with E-state index in [1.54, 1.807) is 12.1 Å². The first-order chi connectivity index (χ1) is 6.50. The Morgan fingerprint density at radius 2 is 1.79 bits per heavy atom. The summed E-state index contributed by atoms with van der Waals surface area (Å²) in [4.78, 5) is 0. The van der Waals surface area contributed by atoms with E-state index in [2.05, 4.69) is 5.32 Å². The molecular formula is C9H11Cl3N2. The Kier molecular flexibility index (Phi) is 4.48. The Morgan fingerprint density at radius 1 is 1.21 bits per heavy atom. The molecule has 0 fully saturated rings. The number of rotatable bonds is 3. The smallest absolute Gasteiger partial charge is 0.0607 e. The topological polar surface area (TPSA) is 38.0 Å². The van der Waals surface area contributed by atoms with Crippen molar-refractivity contribution < 1.29 is 0 Å². The summed E-state index contributed by atoms with van der Waals surface area (Å²) in [5.41, 5.74) is 6.43. The van der Waals surface area contributed by atoms with Crippen molar-refractivity contribution in [1.29, 1.82) is 0 Å². The number of halogens is 3. The van der Waals surface area contributed by atoms with Crippen LogP contribution in [0.1, 0.15) is 12.5 Å². The van der Waals surface area contributed by atoms with Gasteiger partial charge in [-0.25, -0.2) is 0 Å². The van der Waals surface area contributed by atoms with Gasteiger partial charge in [-0.3, -0.25) is 5.32 Å². The van der Waals surface area contributed by atoms with Crippen molar-refractivity contribution in [3.8, 4) is 0 Å². The fourth-order valence-electron chi connectivity index (χ4n) is 0.970. The Labute approximate surface area is 98.3 Å². The van der Waals surface area contributed by atoms with Crippen LogP contribution in [0.15, 0.2) is 12.1 Å². The van der Waals surface area contributed by atoms with Crippen LogP contribution in [0.4, 0.5) is 0 Å². The zero-order valence-electron chi connectivity index (χ0n) is 7.65. The highest BCUT2D eigenvalue weighted by molar-refractivity contribution is 6.43. The molecule has 14 heavy (non-hydrogen) atoms. The Morgan fingerprint density at radius 3 is 2.36 bits per heavy atom. The quantitative estimate of drug-likeness (QED) is 0.642. The second-order valence-electron chi connectivity index (χ2n) is 3.03. The molecule has 1 aromatic carbocycles. The number of nitrogens with two attached hydrogens (primary N) is 1. The summed E-state index contributed by atoms with van der Waals surface area (Å²) >= 11 is 17.6. The monoisotopic (exact) mass is 252 g/mol. The molecule has 3 N–H and O–H groups in total. The molecule has 0 aliphatic heterocycles. The van der Waals surface area contributed by atoms with Gasteiger partial charge in [0, 0.05) is 11.6 Å². The van der Waals surface area contributed by atoms with Crippen LogP contribution in [-0.2, 0) is 6.54 Å². The minimum Gasteiger partial charge on any atom is -0.316 e. The third-order valence-corrected chi connectivity index (χ3v) is 2.78. The molecule has 1 rings (SSSR count). The lowest BCUT2D eigenvalue weighted by Gasteiger charge is -2.10. The van der Waals surface area contributed by atoms with E-state index in [4.69, 9.17) is 40.5 Å². The van der Waals surface area contributed by atoms with Crippen LogP contribution in [0, 0.1) is 0 Å². The maximum absolute atomic E-state index is 5.96. The molecular weight excluding hydrogens is 242 g/mol. The standard InChI is InChI=1S/C9H11Cl3N2/c1-5(13)14-4-6-2-8(11)9(12)3-7(6)10/h2-3,5,14H,4,13H2,1H3. The van der Waals surface area contributed by atoms with Crippen LogP contribution < -0.4 is 11.1 Å².